The fourth-order valence-corrected chi connectivity index (χ4v) is 4.09. The molecule has 2 heteroatoms. The fourth-order valence-electron chi connectivity index (χ4n) is 3.83. The zero-order valence-corrected chi connectivity index (χ0v) is 15.2. The fraction of sp³-hybridized carbons (Fsp3) is 0. The first kappa shape index (κ1) is 10.3. The van der Waals surface area contributed by atoms with Crippen LogP contribution in [0.15, 0.2) is 95.2 Å². The molecule has 6 aromatic rings. The zero-order valence-electron chi connectivity index (χ0n) is 21.4. The molecule has 0 aliphatic heterocycles. The summed E-state index contributed by atoms with van der Waals surface area (Å²) in [5.74, 6) is 0. The third-order valence-corrected chi connectivity index (χ3v) is 5.35. The highest BCUT2D eigenvalue weighted by Gasteiger charge is 2.17. The Labute approximate surface area is 176 Å². The average Bonchev–Trinajstić information content (AvgIpc) is 3.24. The summed E-state index contributed by atoms with van der Waals surface area (Å²) in [7, 11) is 0. The number of furan rings is 1. The minimum atomic E-state index is -0.480. The standard InChI is InChI=1S/C26H15ClO/c27-23-13-6-14-24-25(23)22-15-21(19-10-3-4-11-20(19)26(22)28-24)18-12-5-8-16-7-1-2-9-17(16)18/h1-15H/i1D,2D,5D,7D,8D,9D,12D. The van der Waals surface area contributed by atoms with E-state index in [1.165, 1.54) is 0 Å². The second-order valence-electron chi connectivity index (χ2n) is 6.56. The van der Waals surface area contributed by atoms with Crippen molar-refractivity contribution in [1.29, 1.82) is 0 Å². The first-order valence-corrected chi connectivity index (χ1v) is 9.12. The molecule has 0 atom stereocenters. The van der Waals surface area contributed by atoms with E-state index >= 15 is 0 Å². The topological polar surface area (TPSA) is 13.1 Å². The summed E-state index contributed by atoms with van der Waals surface area (Å²) < 4.78 is 65.2. The van der Waals surface area contributed by atoms with Gasteiger partial charge < -0.3 is 4.42 Å². The Hall–Kier alpha value is -3.29. The number of hydrogen-bond acceptors (Lipinski definition) is 1. The van der Waals surface area contributed by atoms with E-state index in [9.17, 15) is 0 Å². The molecule has 0 radical (unpaired) electrons. The molecule has 0 saturated heterocycles. The van der Waals surface area contributed by atoms with Gasteiger partial charge >= 0.3 is 0 Å². The lowest BCUT2D eigenvalue weighted by molar-refractivity contribution is 0.672. The summed E-state index contributed by atoms with van der Waals surface area (Å²) >= 11 is 6.53. The van der Waals surface area contributed by atoms with Crippen molar-refractivity contribution in [2.45, 2.75) is 0 Å². The van der Waals surface area contributed by atoms with Crippen LogP contribution in [0.25, 0.3) is 54.6 Å². The molecular formula is C26H15ClO. The van der Waals surface area contributed by atoms with Crippen molar-refractivity contribution in [2.75, 3.05) is 0 Å². The second kappa shape index (κ2) is 5.85. The summed E-state index contributed by atoms with van der Waals surface area (Å²) in [4.78, 5) is 0. The van der Waals surface area contributed by atoms with Crippen molar-refractivity contribution in [3.05, 3.63) is 95.9 Å². The van der Waals surface area contributed by atoms with E-state index in [0.29, 0.717) is 37.9 Å². The third-order valence-electron chi connectivity index (χ3n) is 5.03. The lowest BCUT2D eigenvalue weighted by Gasteiger charge is -2.11. The predicted octanol–water partition coefficient (Wildman–Crippen LogP) is 8.21. The van der Waals surface area contributed by atoms with Gasteiger partial charge in [0.2, 0.25) is 0 Å². The van der Waals surface area contributed by atoms with Gasteiger partial charge in [-0.2, -0.15) is 0 Å². The van der Waals surface area contributed by atoms with E-state index in [1.807, 2.05) is 30.3 Å². The Kier molecular flexibility index (Phi) is 2.15. The minimum absolute atomic E-state index is 0.0467. The molecule has 28 heavy (non-hydrogen) atoms. The van der Waals surface area contributed by atoms with Crippen molar-refractivity contribution in [1.82, 2.24) is 0 Å². The van der Waals surface area contributed by atoms with Gasteiger partial charge in [0, 0.05) is 16.2 Å². The van der Waals surface area contributed by atoms with Crippen LogP contribution >= 0.6 is 11.6 Å². The van der Waals surface area contributed by atoms with E-state index in [2.05, 4.69) is 0 Å². The molecule has 1 heterocycles. The average molecular weight is 386 g/mol. The van der Waals surface area contributed by atoms with Crippen LogP contribution in [0.2, 0.25) is 5.02 Å². The molecular weight excluding hydrogens is 364 g/mol. The van der Waals surface area contributed by atoms with Gasteiger partial charge in [-0.15, -0.1) is 0 Å². The van der Waals surface area contributed by atoms with Crippen LogP contribution in [-0.2, 0) is 0 Å². The lowest BCUT2D eigenvalue weighted by Crippen LogP contribution is -1.85. The Morgan fingerprint density at radius 2 is 1.54 bits per heavy atom. The van der Waals surface area contributed by atoms with Gasteiger partial charge in [0.1, 0.15) is 11.2 Å². The lowest BCUT2D eigenvalue weighted by atomic mass is 9.92. The van der Waals surface area contributed by atoms with Crippen LogP contribution in [0.4, 0.5) is 0 Å². The van der Waals surface area contributed by atoms with Gasteiger partial charge in [0.15, 0.2) is 0 Å². The molecule has 1 aromatic heterocycles. The first-order chi connectivity index (χ1) is 16.7. The Morgan fingerprint density at radius 3 is 2.46 bits per heavy atom. The van der Waals surface area contributed by atoms with Gasteiger partial charge in [-0.25, -0.2) is 0 Å². The molecule has 0 N–H and O–H groups in total. The number of benzene rings is 5. The largest absolute Gasteiger partial charge is 0.455 e. The first-order valence-electron chi connectivity index (χ1n) is 12.2. The molecule has 0 aliphatic rings. The van der Waals surface area contributed by atoms with E-state index in [-0.39, 0.29) is 28.4 Å². The molecule has 132 valence electrons. The Balaban J connectivity index is 1.92. The number of halogens is 1. The highest BCUT2D eigenvalue weighted by atomic mass is 35.5. The van der Waals surface area contributed by atoms with Crippen molar-refractivity contribution < 1.29 is 14.0 Å². The van der Waals surface area contributed by atoms with Crippen LogP contribution in [0, 0.1) is 0 Å². The van der Waals surface area contributed by atoms with Crippen molar-refractivity contribution in [3.8, 4) is 11.1 Å². The van der Waals surface area contributed by atoms with Crippen molar-refractivity contribution in [3.63, 3.8) is 0 Å². The van der Waals surface area contributed by atoms with Crippen molar-refractivity contribution in [2.24, 2.45) is 0 Å². The summed E-state index contributed by atoms with van der Waals surface area (Å²) in [6.07, 6.45) is 0. The summed E-state index contributed by atoms with van der Waals surface area (Å²) in [5, 5.41) is 3.27. The minimum Gasteiger partial charge on any atom is -0.455 e. The van der Waals surface area contributed by atoms with Crippen LogP contribution in [-0.4, -0.2) is 0 Å². The number of hydrogen-bond donors (Lipinski definition) is 0. The highest BCUT2D eigenvalue weighted by Crippen LogP contribution is 2.42. The maximum absolute atomic E-state index is 8.79. The van der Waals surface area contributed by atoms with E-state index < -0.39 is 30.2 Å². The highest BCUT2D eigenvalue weighted by molar-refractivity contribution is 6.38. The smallest absolute Gasteiger partial charge is 0.143 e. The van der Waals surface area contributed by atoms with Crippen molar-refractivity contribution >= 4 is 55.1 Å². The SMILES string of the molecule is [2H]c1c([2H])c([2H])c2c(-c3cc4c(oc5cccc(Cl)c54)c4ccccc34)c([2H])c([2H])c([2H])c2c1[2H]. The molecule has 0 fully saturated rings. The number of rotatable bonds is 1. The summed E-state index contributed by atoms with van der Waals surface area (Å²) in [5.41, 5.74) is 1.88. The third kappa shape index (κ3) is 2.14. The van der Waals surface area contributed by atoms with Gasteiger partial charge in [0.25, 0.3) is 0 Å². The van der Waals surface area contributed by atoms with Crippen LogP contribution in [0.1, 0.15) is 9.60 Å². The van der Waals surface area contributed by atoms with Gasteiger partial charge in [0.05, 0.1) is 14.6 Å². The molecule has 0 bridgehead atoms. The maximum Gasteiger partial charge on any atom is 0.143 e. The summed E-state index contributed by atoms with van der Waals surface area (Å²) in [6, 6.07) is 11.8. The molecule has 0 saturated carbocycles. The van der Waals surface area contributed by atoms with Gasteiger partial charge in [-0.1, -0.05) is 84.2 Å². The summed E-state index contributed by atoms with van der Waals surface area (Å²) in [6.45, 7) is 0. The zero-order chi connectivity index (χ0) is 24.8. The normalized spacial score (nSPS) is 15.2. The van der Waals surface area contributed by atoms with E-state index in [1.54, 1.807) is 18.2 Å². The second-order valence-corrected chi connectivity index (χ2v) is 6.97. The van der Waals surface area contributed by atoms with Gasteiger partial charge in [-0.05, 0) is 45.5 Å². The monoisotopic (exact) mass is 385 g/mol. The van der Waals surface area contributed by atoms with E-state index in [0.717, 1.165) is 5.39 Å². The quantitative estimate of drug-likeness (QED) is 0.278. The molecule has 0 aliphatic carbocycles. The maximum atomic E-state index is 8.79. The molecule has 0 unspecified atom stereocenters. The molecule has 6 rings (SSSR count). The molecule has 0 spiro atoms. The Bertz CT molecular complexity index is 1880. The molecule has 1 nitrogen and oxygen atoms in total. The van der Waals surface area contributed by atoms with Crippen LogP contribution < -0.4 is 0 Å². The van der Waals surface area contributed by atoms with Gasteiger partial charge in [-0.3, -0.25) is 0 Å². The molecule has 5 aromatic carbocycles. The Morgan fingerprint density at radius 1 is 0.714 bits per heavy atom. The molecule has 0 amide bonds. The van der Waals surface area contributed by atoms with E-state index in [4.69, 9.17) is 25.6 Å². The van der Waals surface area contributed by atoms with Crippen LogP contribution in [0.5, 0.6) is 0 Å². The number of fused-ring (bicyclic) bond motifs is 6. The van der Waals surface area contributed by atoms with Crippen LogP contribution in [0.3, 0.4) is 0 Å². The predicted molar refractivity (Wildman–Crippen MR) is 119 cm³/mol.